The summed E-state index contributed by atoms with van der Waals surface area (Å²) in [5.74, 6) is 1.30. The van der Waals surface area contributed by atoms with Crippen molar-refractivity contribution in [2.75, 3.05) is 39.9 Å². The minimum absolute atomic E-state index is 0.0397. The van der Waals surface area contributed by atoms with Crippen LogP contribution in [0.5, 0.6) is 11.5 Å². The summed E-state index contributed by atoms with van der Waals surface area (Å²) in [6.07, 6.45) is 0.985. The van der Waals surface area contributed by atoms with Gasteiger partial charge in [0.25, 0.3) is 5.91 Å². The van der Waals surface area contributed by atoms with Gasteiger partial charge in [0.15, 0.2) is 11.5 Å². The predicted octanol–water partition coefficient (Wildman–Crippen LogP) is 3.07. The van der Waals surface area contributed by atoms with Crippen LogP contribution in [0, 0.1) is 0 Å². The van der Waals surface area contributed by atoms with E-state index >= 15 is 0 Å². The van der Waals surface area contributed by atoms with E-state index in [4.69, 9.17) is 9.47 Å². The lowest BCUT2D eigenvalue weighted by atomic mass is 10.1. The van der Waals surface area contributed by atoms with Crippen molar-refractivity contribution in [2.24, 2.45) is 0 Å². The average Bonchev–Trinajstić information content (AvgIpc) is 3.16. The molecule has 1 fully saturated rings. The van der Waals surface area contributed by atoms with Crippen molar-refractivity contribution in [2.45, 2.75) is 26.8 Å². The van der Waals surface area contributed by atoms with Gasteiger partial charge in [0.1, 0.15) is 0 Å². The summed E-state index contributed by atoms with van der Waals surface area (Å²) < 4.78 is 10.9. The van der Waals surface area contributed by atoms with E-state index in [0.29, 0.717) is 23.7 Å². The highest BCUT2D eigenvalue weighted by atomic mass is 32.1. The fourth-order valence-electron chi connectivity index (χ4n) is 3.18. The van der Waals surface area contributed by atoms with Crippen molar-refractivity contribution in [3.63, 3.8) is 0 Å². The van der Waals surface area contributed by atoms with Crippen LogP contribution in [0.2, 0.25) is 0 Å². The number of carbonyl (C=O) groups is 1. The Morgan fingerprint density at radius 3 is 2.59 bits per heavy atom. The normalized spacial score (nSPS) is 15.0. The van der Waals surface area contributed by atoms with Crippen molar-refractivity contribution < 1.29 is 14.3 Å². The molecule has 0 radical (unpaired) electrons. The Bertz CT molecular complexity index is 770. The molecule has 1 aromatic heterocycles. The molecular weight excluding hydrogens is 362 g/mol. The minimum Gasteiger partial charge on any atom is -0.493 e. The third kappa shape index (κ3) is 4.78. The maximum Gasteiger partial charge on any atom is 0.254 e. The van der Waals surface area contributed by atoms with Gasteiger partial charge in [-0.25, -0.2) is 4.98 Å². The molecule has 0 atom stereocenters. The summed E-state index contributed by atoms with van der Waals surface area (Å²) in [7, 11) is 1.59. The third-order valence-electron chi connectivity index (χ3n) is 4.66. The Hall–Kier alpha value is -2.12. The van der Waals surface area contributed by atoms with Gasteiger partial charge in [-0.2, -0.15) is 0 Å². The predicted molar refractivity (Wildman–Crippen MR) is 107 cm³/mol. The molecule has 2 aromatic rings. The average molecular weight is 390 g/mol. The maximum atomic E-state index is 12.8. The number of rotatable bonds is 7. The molecule has 0 N–H and O–H groups in total. The number of nitrogens with zero attached hydrogens (tertiary/aromatic N) is 3. The van der Waals surface area contributed by atoms with Gasteiger partial charge < -0.3 is 14.4 Å². The molecule has 27 heavy (non-hydrogen) atoms. The maximum absolute atomic E-state index is 12.8. The lowest BCUT2D eigenvalue weighted by Gasteiger charge is -2.34. The number of thiazole rings is 1. The second-order valence-electron chi connectivity index (χ2n) is 6.45. The molecule has 6 nitrogen and oxygen atoms in total. The highest BCUT2D eigenvalue weighted by molar-refractivity contribution is 7.09. The summed E-state index contributed by atoms with van der Waals surface area (Å²) in [5, 5.41) is 3.33. The first kappa shape index (κ1) is 19.6. The van der Waals surface area contributed by atoms with Crippen molar-refractivity contribution in [3.05, 3.63) is 39.8 Å². The number of methoxy groups -OCH3 is 1. The number of aromatic nitrogens is 1. The molecule has 1 aliphatic rings. The fourth-order valence-corrected chi connectivity index (χ4v) is 3.92. The topological polar surface area (TPSA) is 54.9 Å². The molecule has 3 rings (SSSR count). The summed E-state index contributed by atoms with van der Waals surface area (Å²) in [4.78, 5) is 21.7. The second-order valence-corrected chi connectivity index (χ2v) is 7.40. The Balaban J connectivity index is 1.58. The Morgan fingerprint density at radius 2 is 1.96 bits per heavy atom. The zero-order valence-electron chi connectivity index (χ0n) is 16.2. The first-order valence-electron chi connectivity index (χ1n) is 9.40. The fraction of sp³-hybridized carbons (Fsp3) is 0.500. The van der Waals surface area contributed by atoms with Crippen molar-refractivity contribution in [1.82, 2.24) is 14.8 Å². The quantitative estimate of drug-likeness (QED) is 0.728. The number of amides is 1. The lowest BCUT2D eigenvalue weighted by molar-refractivity contribution is 0.0627. The van der Waals surface area contributed by atoms with Gasteiger partial charge in [0.2, 0.25) is 0 Å². The zero-order chi connectivity index (χ0) is 19.2. The van der Waals surface area contributed by atoms with Gasteiger partial charge in [0, 0.05) is 43.7 Å². The van der Waals surface area contributed by atoms with E-state index in [1.165, 1.54) is 5.01 Å². The summed E-state index contributed by atoms with van der Waals surface area (Å²) >= 11 is 1.72. The zero-order valence-corrected chi connectivity index (χ0v) is 17.1. The summed E-state index contributed by atoms with van der Waals surface area (Å²) in [6, 6.07) is 5.38. The van der Waals surface area contributed by atoms with E-state index < -0.39 is 0 Å². The van der Waals surface area contributed by atoms with Gasteiger partial charge in [-0.1, -0.05) is 6.92 Å². The summed E-state index contributed by atoms with van der Waals surface area (Å²) in [5.41, 5.74) is 1.77. The van der Waals surface area contributed by atoms with Crippen LogP contribution < -0.4 is 9.47 Å². The van der Waals surface area contributed by atoms with Crippen LogP contribution in [-0.2, 0) is 13.0 Å². The van der Waals surface area contributed by atoms with E-state index in [1.54, 1.807) is 30.6 Å². The standard InChI is InChI=1S/C20H27N3O3S/c1-4-19-21-16(14-27-19)13-22-8-10-23(11-9-22)20(24)15-6-7-17(26-5-2)18(12-15)25-3/h6-7,12,14H,4-5,8-11,13H2,1-3H3. The molecule has 0 bridgehead atoms. The first-order chi connectivity index (χ1) is 13.1. The Kier molecular flexibility index (Phi) is 6.68. The Labute approximate surface area is 164 Å². The number of ether oxygens (including phenoxy) is 2. The third-order valence-corrected chi connectivity index (χ3v) is 5.70. The van der Waals surface area contributed by atoms with Crippen molar-refractivity contribution >= 4 is 17.2 Å². The smallest absolute Gasteiger partial charge is 0.254 e. The molecular formula is C20H27N3O3S. The molecule has 1 aromatic carbocycles. The van der Waals surface area contributed by atoms with E-state index in [0.717, 1.165) is 44.8 Å². The van der Waals surface area contributed by atoms with Crippen LogP contribution in [0.3, 0.4) is 0 Å². The molecule has 0 aliphatic carbocycles. The highest BCUT2D eigenvalue weighted by Crippen LogP contribution is 2.28. The van der Waals surface area contributed by atoms with Gasteiger partial charge in [-0.15, -0.1) is 11.3 Å². The van der Waals surface area contributed by atoms with Crippen LogP contribution >= 0.6 is 11.3 Å². The number of benzene rings is 1. The molecule has 1 amide bonds. The number of aryl methyl sites for hydroxylation is 1. The lowest BCUT2D eigenvalue weighted by Crippen LogP contribution is -2.48. The molecule has 0 unspecified atom stereocenters. The van der Waals surface area contributed by atoms with E-state index in [1.807, 2.05) is 17.9 Å². The molecule has 1 saturated heterocycles. The molecule has 0 spiro atoms. The van der Waals surface area contributed by atoms with E-state index in [2.05, 4.69) is 22.2 Å². The van der Waals surface area contributed by atoms with Crippen LogP contribution in [0.4, 0.5) is 0 Å². The first-order valence-corrected chi connectivity index (χ1v) is 10.3. The van der Waals surface area contributed by atoms with Crippen molar-refractivity contribution in [1.29, 1.82) is 0 Å². The van der Waals surface area contributed by atoms with Gasteiger partial charge in [-0.3, -0.25) is 9.69 Å². The molecule has 0 saturated carbocycles. The number of hydrogen-bond donors (Lipinski definition) is 0. The molecule has 1 aliphatic heterocycles. The highest BCUT2D eigenvalue weighted by Gasteiger charge is 2.23. The van der Waals surface area contributed by atoms with Gasteiger partial charge in [-0.05, 0) is 31.5 Å². The summed E-state index contributed by atoms with van der Waals surface area (Å²) in [6.45, 7) is 8.63. The van der Waals surface area contributed by atoms with Gasteiger partial charge >= 0.3 is 0 Å². The van der Waals surface area contributed by atoms with E-state index in [-0.39, 0.29) is 5.91 Å². The van der Waals surface area contributed by atoms with Crippen molar-refractivity contribution in [3.8, 4) is 11.5 Å². The Morgan fingerprint density at radius 1 is 1.19 bits per heavy atom. The number of piperazine rings is 1. The number of carbonyl (C=O) groups excluding carboxylic acids is 1. The van der Waals surface area contributed by atoms with E-state index in [9.17, 15) is 4.79 Å². The number of hydrogen-bond acceptors (Lipinski definition) is 6. The van der Waals surface area contributed by atoms with Crippen LogP contribution in [-0.4, -0.2) is 60.6 Å². The van der Waals surface area contributed by atoms with Gasteiger partial charge in [0.05, 0.1) is 24.4 Å². The minimum atomic E-state index is 0.0397. The monoisotopic (exact) mass is 389 g/mol. The van der Waals surface area contributed by atoms with Crippen LogP contribution in [0.25, 0.3) is 0 Å². The molecule has 2 heterocycles. The second kappa shape index (κ2) is 9.19. The molecule has 146 valence electrons. The molecule has 7 heteroatoms. The largest absolute Gasteiger partial charge is 0.493 e. The van der Waals surface area contributed by atoms with Crippen LogP contribution in [0.15, 0.2) is 23.6 Å². The van der Waals surface area contributed by atoms with Crippen LogP contribution in [0.1, 0.15) is 34.9 Å². The SMILES string of the molecule is CCOc1ccc(C(=O)N2CCN(Cc3csc(CC)n3)CC2)cc1OC.